The van der Waals surface area contributed by atoms with Crippen molar-refractivity contribution in [2.45, 2.75) is 18.7 Å². The van der Waals surface area contributed by atoms with Crippen molar-refractivity contribution < 1.29 is 26.5 Å². The largest absolute Gasteiger partial charge is 0.490 e. The Morgan fingerprint density at radius 1 is 1.14 bits per heavy atom. The molecule has 35 heavy (non-hydrogen) atoms. The molecule has 0 saturated heterocycles. The summed E-state index contributed by atoms with van der Waals surface area (Å²) >= 11 is 6.32. The van der Waals surface area contributed by atoms with Crippen molar-refractivity contribution in [2.75, 3.05) is 11.9 Å². The van der Waals surface area contributed by atoms with Crippen LogP contribution in [0.5, 0.6) is 11.5 Å². The zero-order valence-electron chi connectivity index (χ0n) is 18.7. The van der Waals surface area contributed by atoms with Gasteiger partial charge in [0.2, 0.25) is 5.75 Å². The van der Waals surface area contributed by atoms with Crippen LogP contribution in [0.25, 0.3) is 6.08 Å². The lowest BCUT2D eigenvalue weighted by Gasteiger charge is -2.14. The Hall–Kier alpha value is -3.87. The van der Waals surface area contributed by atoms with Crippen molar-refractivity contribution in [2.24, 2.45) is 0 Å². The molecule has 0 bridgehead atoms. The second-order valence-corrected chi connectivity index (χ2v) is 9.20. The first kappa shape index (κ1) is 25.7. The number of hydrogen-bond acceptors (Lipinski definition) is 6. The highest BCUT2D eigenvalue weighted by atomic mass is 35.5. The number of nitrogens with zero attached hydrogens (tertiary/aromatic N) is 1. The molecule has 3 aromatic rings. The third kappa shape index (κ3) is 6.59. The molecule has 0 fully saturated rings. The predicted octanol–water partition coefficient (Wildman–Crippen LogP) is 5.50. The maximum absolute atomic E-state index is 13.1. The standard InChI is InChI=1S/C25H20ClFN2O5S/c1-3-33-23-14-17(12-18(15-28)25(30)29-20-8-6-19(27)7-9-20)13-22(26)24(23)34-35(31,32)21-10-4-16(2)5-11-21/h4-14H,3H2,1-2H3,(H,29,30)/b18-12+. The van der Waals surface area contributed by atoms with Crippen LogP contribution in [0, 0.1) is 24.1 Å². The molecule has 10 heteroatoms. The molecule has 0 aliphatic heterocycles. The lowest BCUT2D eigenvalue weighted by molar-refractivity contribution is -0.112. The van der Waals surface area contributed by atoms with E-state index in [0.29, 0.717) is 11.3 Å². The molecule has 3 aromatic carbocycles. The van der Waals surface area contributed by atoms with E-state index >= 15 is 0 Å². The van der Waals surface area contributed by atoms with Crippen LogP contribution >= 0.6 is 11.6 Å². The fourth-order valence-corrected chi connectivity index (χ4v) is 4.19. The van der Waals surface area contributed by atoms with Crippen LogP contribution < -0.4 is 14.2 Å². The van der Waals surface area contributed by atoms with Crippen LogP contribution in [0.2, 0.25) is 5.02 Å². The average molecular weight is 515 g/mol. The molecule has 0 spiro atoms. The topological polar surface area (TPSA) is 105 Å². The van der Waals surface area contributed by atoms with Crippen molar-refractivity contribution in [1.29, 1.82) is 5.26 Å². The first-order valence-electron chi connectivity index (χ1n) is 10.3. The van der Waals surface area contributed by atoms with E-state index < -0.39 is 21.8 Å². The number of rotatable bonds is 8. The number of carbonyl (C=O) groups is 1. The maximum Gasteiger partial charge on any atom is 0.339 e. The van der Waals surface area contributed by atoms with Crippen LogP contribution in [0.15, 0.2) is 71.1 Å². The lowest BCUT2D eigenvalue weighted by atomic mass is 10.1. The van der Waals surface area contributed by atoms with Gasteiger partial charge in [-0.05, 0) is 74.0 Å². The fraction of sp³-hybridized carbons (Fsp3) is 0.120. The Morgan fingerprint density at radius 2 is 1.80 bits per heavy atom. The molecule has 0 aromatic heterocycles. The zero-order valence-corrected chi connectivity index (χ0v) is 20.3. The van der Waals surface area contributed by atoms with E-state index in [9.17, 15) is 22.9 Å². The number of nitriles is 1. The molecule has 0 saturated carbocycles. The summed E-state index contributed by atoms with van der Waals surface area (Å²) in [6.45, 7) is 3.68. The second kappa shape index (κ2) is 11.0. The highest BCUT2D eigenvalue weighted by Crippen LogP contribution is 2.39. The summed E-state index contributed by atoms with van der Waals surface area (Å²) in [6, 6.07) is 15.7. The summed E-state index contributed by atoms with van der Waals surface area (Å²) in [4.78, 5) is 12.4. The maximum atomic E-state index is 13.1. The number of aryl methyl sites for hydroxylation is 1. The molecule has 1 amide bonds. The van der Waals surface area contributed by atoms with Gasteiger partial charge in [-0.2, -0.15) is 13.7 Å². The molecule has 180 valence electrons. The Labute approximate surface area is 207 Å². The summed E-state index contributed by atoms with van der Waals surface area (Å²) < 4.78 is 49.4. The van der Waals surface area contributed by atoms with E-state index in [4.69, 9.17) is 20.5 Å². The number of halogens is 2. The van der Waals surface area contributed by atoms with Crippen LogP contribution in [0.3, 0.4) is 0 Å². The third-order valence-corrected chi connectivity index (χ3v) is 6.13. The summed E-state index contributed by atoms with van der Waals surface area (Å²) in [5.41, 5.74) is 1.21. The molecule has 0 unspecified atom stereocenters. The van der Waals surface area contributed by atoms with Crippen molar-refractivity contribution in [1.82, 2.24) is 0 Å². The molecule has 3 rings (SSSR count). The average Bonchev–Trinajstić information content (AvgIpc) is 2.81. The molecule has 0 atom stereocenters. The molecule has 0 aliphatic rings. The minimum Gasteiger partial charge on any atom is -0.490 e. The van der Waals surface area contributed by atoms with Gasteiger partial charge in [0, 0.05) is 5.69 Å². The molecule has 1 N–H and O–H groups in total. The highest BCUT2D eigenvalue weighted by molar-refractivity contribution is 7.87. The smallest absolute Gasteiger partial charge is 0.339 e. The molecule has 0 aliphatic carbocycles. The van der Waals surface area contributed by atoms with Crippen LogP contribution in [-0.2, 0) is 14.9 Å². The quantitative estimate of drug-likeness (QED) is 0.242. The third-order valence-electron chi connectivity index (χ3n) is 4.61. The van der Waals surface area contributed by atoms with Crippen LogP contribution in [-0.4, -0.2) is 20.9 Å². The van der Waals surface area contributed by atoms with Crippen molar-refractivity contribution in [3.8, 4) is 17.6 Å². The highest BCUT2D eigenvalue weighted by Gasteiger charge is 2.22. The van der Waals surface area contributed by atoms with Gasteiger partial charge in [-0.1, -0.05) is 29.3 Å². The van der Waals surface area contributed by atoms with Crippen LogP contribution in [0.4, 0.5) is 10.1 Å². The Bertz CT molecular complexity index is 1410. The monoisotopic (exact) mass is 514 g/mol. The van der Waals surface area contributed by atoms with Gasteiger partial charge in [-0.15, -0.1) is 0 Å². The van der Waals surface area contributed by atoms with Gasteiger partial charge in [-0.25, -0.2) is 4.39 Å². The summed E-state index contributed by atoms with van der Waals surface area (Å²) in [5.74, 6) is -1.40. The van der Waals surface area contributed by atoms with Gasteiger partial charge in [0.15, 0.2) is 5.75 Å². The first-order chi connectivity index (χ1) is 16.6. The molecule has 0 radical (unpaired) electrons. The number of anilines is 1. The minimum atomic E-state index is -4.21. The predicted molar refractivity (Wildman–Crippen MR) is 130 cm³/mol. The lowest BCUT2D eigenvalue weighted by Crippen LogP contribution is -2.13. The number of amides is 1. The van der Waals surface area contributed by atoms with Gasteiger partial charge in [0.1, 0.15) is 22.4 Å². The van der Waals surface area contributed by atoms with Gasteiger partial charge in [-0.3, -0.25) is 4.79 Å². The number of hydrogen-bond donors (Lipinski definition) is 1. The van der Waals surface area contributed by atoms with Gasteiger partial charge < -0.3 is 14.2 Å². The first-order valence-corrected chi connectivity index (χ1v) is 12.1. The molecule has 7 nitrogen and oxygen atoms in total. The van der Waals surface area contributed by atoms with Crippen molar-refractivity contribution in [3.05, 3.63) is 88.2 Å². The molecular weight excluding hydrogens is 495 g/mol. The van der Waals surface area contributed by atoms with E-state index in [1.165, 1.54) is 54.6 Å². The summed E-state index contributed by atoms with van der Waals surface area (Å²) in [7, 11) is -4.21. The van der Waals surface area contributed by atoms with E-state index in [-0.39, 0.29) is 33.6 Å². The minimum absolute atomic E-state index is 0.0122. The number of carbonyl (C=O) groups excluding carboxylic acids is 1. The number of nitrogens with one attached hydrogen (secondary N) is 1. The number of ether oxygens (including phenoxy) is 1. The van der Waals surface area contributed by atoms with Crippen molar-refractivity contribution >= 4 is 39.4 Å². The fourth-order valence-electron chi connectivity index (χ4n) is 2.92. The number of benzene rings is 3. The Kier molecular flexibility index (Phi) is 8.12. The Morgan fingerprint density at radius 3 is 2.40 bits per heavy atom. The molecule has 0 heterocycles. The normalized spacial score (nSPS) is 11.5. The Balaban J connectivity index is 1.93. The van der Waals surface area contributed by atoms with Gasteiger partial charge in [0.25, 0.3) is 5.91 Å². The zero-order chi connectivity index (χ0) is 25.6. The molecular formula is C25H20ClFN2O5S. The van der Waals surface area contributed by atoms with E-state index in [1.807, 2.05) is 6.92 Å². The summed E-state index contributed by atoms with van der Waals surface area (Å²) in [6.07, 6.45) is 1.26. The van der Waals surface area contributed by atoms with E-state index in [1.54, 1.807) is 25.1 Å². The van der Waals surface area contributed by atoms with E-state index in [2.05, 4.69) is 5.32 Å². The van der Waals surface area contributed by atoms with Crippen molar-refractivity contribution in [3.63, 3.8) is 0 Å². The second-order valence-electron chi connectivity index (χ2n) is 7.24. The van der Waals surface area contributed by atoms with E-state index in [0.717, 1.165) is 5.56 Å². The summed E-state index contributed by atoms with van der Waals surface area (Å²) in [5, 5.41) is 11.9. The van der Waals surface area contributed by atoms with Gasteiger partial charge in [0.05, 0.1) is 11.6 Å². The van der Waals surface area contributed by atoms with Crippen LogP contribution in [0.1, 0.15) is 18.1 Å². The SMILES string of the molecule is CCOc1cc(/C=C(\C#N)C(=O)Nc2ccc(F)cc2)cc(Cl)c1OS(=O)(=O)c1ccc(C)cc1. The van der Waals surface area contributed by atoms with Gasteiger partial charge >= 0.3 is 10.1 Å².